The number of phenolic OH excluding ortho intramolecular Hbond substituents is 1. The van der Waals surface area contributed by atoms with Gasteiger partial charge in [0, 0.05) is 38.6 Å². The first-order valence-corrected chi connectivity index (χ1v) is 9.13. The summed E-state index contributed by atoms with van der Waals surface area (Å²) in [5, 5.41) is 13.1. The number of phenols is 1. The highest BCUT2D eigenvalue weighted by Crippen LogP contribution is 2.36. The summed E-state index contributed by atoms with van der Waals surface area (Å²) in [5.74, 6) is 0.194. The Labute approximate surface area is 154 Å². The highest BCUT2D eigenvalue weighted by Gasteiger charge is 2.31. The van der Waals surface area contributed by atoms with E-state index in [1.165, 1.54) is 0 Å². The molecule has 0 bridgehead atoms. The van der Waals surface area contributed by atoms with Crippen molar-refractivity contribution in [1.82, 2.24) is 10.2 Å². The third-order valence-electron chi connectivity index (χ3n) is 3.72. The average molecular weight is 540 g/mol. The molecule has 1 aromatic rings. The molecule has 1 heterocycles. The van der Waals surface area contributed by atoms with Crippen molar-refractivity contribution in [2.75, 3.05) is 26.2 Å². The Hall–Kier alpha value is 0.190. The second-order valence-electron chi connectivity index (χ2n) is 5.29. The molecule has 0 radical (unpaired) electrons. The quantitative estimate of drug-likeness (QED) is 0.570. The lowest BCUT2D eigenvalue weighted by molar-refractivity contribution is -0.138. The Morgan fingerprint density at radius 1 is 1.18 bits per heavy atom. The Bertz CT molecular complexity index is 496. The lowest BCUT2D eigenvalue weighted by atomic mass is 9.99. The van der Waals surface area contributed by atoms with Crippen LogP contribution in [0.15, 0.2) is 12.1 Å². The van der Waals surface area contributed by atoms with Gasteiger partial charge in [-0.1, -0.05) is 0 Å². The van der Waals surface area contributed by atoms with Gasteiger partial charge in [-0.2, -0.15) is 13.2 Å². The van der Waals surface area contributed by atoms with E-state index >= 15 is 0 Å². The molecule has 2 N–H and O–H groups in total. The van der Waals surface area contributed by atoms with Crippen LogP contribution in [-0.2, 0) is 0 Å². The molecule has 0 aromatic heterocycles. The molecule has 8 heteroatoms. The van der Waals surface area contributed by atoms with Gasteiger partial charge < -0.3 is 10.4 Å². The van der Waals surface area contributed by atoms with Crippen LogP contribution in [-0.4, -0.2) is 42.4 Å². The Morgan fingerprint density at radius 2 is 1.73 bits per heavy atom. The zero-order valence-corrected chi connectivity index (χ0v) is 16.1. The van der Waals surface area contributed by atoms with E-state index in [4.69, 9.17) is 0 Å². The molecule has 3 nitrogen and oxygen atoms in total. The minimum atomic E-state index is -4.15. The molecule has 22 heavy (non-hydrogen) atoms. The fourth-order valence-electron chi connectivity index (χ4n) is 2.63. The van der Waals surface area contributed by atoms with Crippen LogP contribution in [0, 0.1) is 7.14 Å². The van der Waals surface area contributed by atoms with Crippen molar-refractivity contribution in [3.63, 3.8) is 0 Å². The summed E-state index contributed by atoms with van der Waals surface area (Å²) in [7, 11) is 0. The summed E-state index contributed by atoms with van der Waals surface area (Å²) >= 11 is 4.03. The Balaban J connectivity index is 2.26. The Morgan fingerprint density at radius 3 is 2.23 bits per heavy atom. The number of nitrogens with zero attached hydrogens (tertiary/aromatic N) is 1. The first-order chi connectivity index (χ1) is 10.3. The summed E-state index contributed by atoms with van der Waals surface area (Å²) < 4.78 is 39.3. The van der Waals surface area contributed by atoms with Gasteiger partial charge in [-0.3, -0.25) is 4.90 Å². The molecule has 1 aliphatic rings. The van der Waals surface area contributed by atoms with Gasteiger partial charge in [0.05, 0.1) is 7.14 Å². The first-order valence-electron chi connectivity index (χ1n) is 6.97. The molecule has 124 valence electrons. The normalized spacial score (nSPS) is 18.4. The average Bonchev–Trinajstić information content (AvgIpc) is 2.45. The summed E-state index contributed by atoms with van der Waals surface area (Å²) in [6.45, 7) is 3.04. The third-order valence-corrected chi connectivity index (χ3v) is 5.36. The van der Waals surface area contributed by atoms with Gasteiger partial charge in [0.15, 0.2) is 0 Å². The van der Waals surface area contributed by atoms with Crippen molar-refractivity contribution in [2.24, 2.45) is 0 Å². The van der Waals surface area contributed by atoms with Crippen LogP contribution in [0.4, 0.5) is 13.2 Å². The van der Waals surface area contributed by atoms with Crippen LogP contribution in [0.1, 0.15) is 24.4 Å². The summed E-state index contributed by atoms with van der Waals surface area (Å²) in [6, 6.07) is 3.31. The number of rotatable bonds is 4. The molecule has 1 saturated heterocycles. The minimum absolute atomic E-state index is 0.0421. The van der Waals surface area contributed by atoms with E-state index in [9.17, 15) is 18.3 Å². The minimum Gasteiger partial charge on any atom is -0.506 e. The molecule has 1 aromatic carbocycles. The maximum Gasteiger partial charge on any atom is 0.389 e. The monoisotopic (exact) mass is 540 g/mol. The van der Waals surface area contributed by atoms with Crippen LogP contribution in [0.25, 0.3) is 0 Å². The van der Waals surface area contributed by atoms with E-state index in [2.05, 4.69) is 10.2 Å². The number of piperazine rings is 1. The zero-order valence-electron chi connectivity index (χ0n) is 11.8. The molecule has 1 atom stereocenters. The topological polar surface area (TPSA) is 35.5 Å². The van der Waals surface area contributed by atoms with Gasteiger partial charge in [0.1, 0.15) is 5.75 Å². The van der Waals surface area contributed by atoms with Crippen molar-refractivity contribution in [3.05, 3.63) is 24.8 Å². The molecule has 0 unspecified atom stereocenters. The number of halogens is 5. The molecule has 1 aliphatic heterocycles. The third kappa shape index (κ3) is 5.10. The second-order valence-corrected chi connectivity index (χ2v) is 7.61. The van der Waals surface area contributed by atoms with Gasteiger partial charge in [-0.15, -0.1) is 0 Å². The van der Waals surface area contributed by atoms with E-state index in [0.29, 0.717) is 7.14 Å². The highest BCUT2D eigenvalue weighted by atomic mass is 127. The predicted molar refractivity (Wildman–Crippen MR) is 96.0 cm³/mol. The van der Waals surface area contributed by atoms with Crippen molar-refractivity contribution in [2.45, 2.75) is 25.1 Å². The smallest absolute Gasteiger partial charge is 0.389 e. The molecule has 0 aliphatic carbocycles. The van der Waals surface area contributed by atoms with Crippen LogP contribution in [0.2, 0.25) is 0 Å². The number of hydrogen-bond acceptors (Lipinski definition) is 3. The lowest BCUT2D eigenvalue weighted by Crippen LogP contribution is -2.45. The van der Waals surface area contributed by atoms with E-state index in [0.717, 1.165) is 31.7 Å². The SMILES string of the molecule is Oc1c(I)cc([C@@H](CCC(F)(F)F)N2CCNCC2)cc1I. The highest BCUT2D eigenvalue weighted by molar-refractivity contribution is 14.1. The lowest BCUT2D eigenvalue weighted by Gasteiger charge is -2.35. The molecule has 0 spiro atoms. The maximum absolute atomic E-state index is 12.6. The number of nitrogens with one attached hydrogen (secondary N) is 1. The fourth-order valence-corrected chi connectivity index (χ4v) is 4.45. The number of alkyl halides is 3. The predicted octanol–water partition coefficient (Wildman–Crippen LogP) is 3.89. The van der Waals surface area contributed by atoms with E-state index in [-0.39, 0.29) is 18.2 Å². The molecule has 0 saturated carbocycles. The van der Waals surface area contributed by atoms with Crippen molar-refractivity contribution >= 4 is 45.2 Å². The fraction of sp³-hybridized carbons (Fsp3) is 0.571. The van der Waals surface area contributed by atoms with Crippen molar-refractivity contribution in [3.8, 4) is 5.75 Å². The molecule has 0 amide bonds. The van der Waals surface area contributed by atoms with Gasteiger partial charge in [0.25, 0.3) is 0 Å². The standard InChI is InChI=1S/C14H17F3I2N2O/c15-14(16,17)2-1-12(21-5-3-20-4-6-21)9-7-10(18)13(22)11(19)8-9/h7-8,12,20,22H,1-6H2/t12-/m1/s1. The van der Waals surface area contributed by atoms with Crippen molar-refractivity contribution < 1.29 is 18.3 Å². The number of benzene rings is 1. The van der Waals surface area contributed by atoms with Crippen molar-refractivity contribution in [1.29, 1.82) is 0 Å². The van der Waals surface area contributed by atoms with E-state index in [1.807, 2.05) is 45.2 Å². The van der Waals surface area contributed by atoms with Gasteiger partial charge in [-0.25, -0.2) is 0 Å². The van der Waals surface area contributed by atoms with Crippen LogP contribution >= 0.6 is 45.2 Å². The van der Waals surface area contributed by atoms with Gasteiger partial charge >= 0.3 is 6.18 Å². The summed E-state index contributed by atoms with van der Waals surface area (Å²) in [5.41, 5.74) is 0.845. The maximum atomic E-state index is 12.6. The largest absolute Gasteiger partial charge is 0.506 e. The van der Waals surface area contributed by atoms with Crippen LogP contribution in [0.3, 0.4) is 0 Å². The molecular weight excluding hydrogens is 523 g/mol. The zero-order chi connectivity index (χ0) is 16.3. The van der Waals surface area contributed by atoms with Crippen LogP contribution in [0.5, 0.6) is 5.75 Å². The molecule has 2 rings (SSSR count). The molecule has 1 fully saturated rings. The van der Waals surface area contributed by atoms with E-state index in [1.54, 1.807) is 12.1 Å². The van der Waals surface area contributed by atoms with Crippen LogP contribution < -0.4 is 5.32 Å². The number of aromatic hydroxyl groups is 1. The molecular formula is C14H17F3I2N2O. The van der Waals surface area contributed by atoms with E-state index < -0.39 is 12.6 Å². The number of hydrogen-bond donors (Lipinski definition) is 2. The Kier molecular flexibility index (Phi) is 6.60. The first kappa shape index (κ1) is 18.5. The second kappa shape index (κ2) is 7.84. The van der Waals surface area contributed by atoms with Gasteiger partial charge in [-0.05, 0) is 69.3 Å². The van der Waals surface area contributed by atoms with Gasteiger partial charge in [0.2, 0.25) is 0 Å². The summed E-state index contributed by atoms with van der Waals surface area (Å²) in [4.78, 5) is 2.10. The summed E-state index contributed by atoms with van der Waals surface area (Å²) in [6.07, 6.45) is -4.90.